The summed E-state index contributed by atoms with van der Waals surface area (Å²) in [4.78, 5) is 12.2. The van der Waals surface area contributed by atoms with E-state index in [2.05, 4.69) is 50.8 Å². The summed E-state index contributed by atoms with van der Waals surface area (Å²) in [6.45, 7) is 2.58. The minimum absolute atomic E-state index is 0.164. The van der Waals surface area contributed by atoms with E-state index in [9.17, 15) is 4.79 Å². The Labute approximate surface area is 128 Å². The molecular weight excluding hydrogens is 316 g/mol. The van der Waals surface area contributed by atoms with E-state index in [-0.39, 0.29) is 17.2 Å². The second-order valence-electron chi connectivity index (χ2n) is 6.05. The largest absolute Gasteiger partial charge is 0.355 e. The molecule has 1 amide bonds. The molecule has 0 spiro atoms. The lowest BCUT2D eigenvalue weighted by atomic mass is 9.64. The molecule has 4 heteroatoms. The van der Waals surface area contributed by atoms with Gasteiger partial charge in [0.25, 0.3) is 0 Å². The highest BCUT2D eigenvalue weighted by atomic mass is 79.9. The Balaban J connectivity index is 1.64. The second-order valence-corrected chi connectivity index (χ2v) is 6.96. The van der Waals surface area contributed by atoms with Crippen molar-refractivity contribution >= 4 is 21.8 Å². The normalized spacial score (nSPS) is 24.1. The SMILES string of the molecule is O=C(NCC1(c2ccc(Br)cc2)CCC1)C1CCNC1. The zero-order valence-electron chi connectivity index (χ0n) is 11.6. The van der Waals surface area contributed by atoms with Crippen LogP contribution in [0.25, 0.3) is 0 Å². The van der Waals surface area contributed by atoms with Crippen molar-refractivity contribution in [3.8, 4) is 0 Å². The van der Waals surface area contributed by atoms with E-state index < -0.39 is 0 Å². The van der Waals surface area contributed by atoms with Gasteiger partial charge in [0.1, 0.15) is 0 Å². The van der Waals surface area contributed by atoms with Gasteiger partial charge in [-0.15, -0.1) is 0 Å². The third-order valence-electron chi connectivity index (χ3n) is 4.80. The maximum absolute atomic E-state index is 12.2. The third kappa shape index (κ3) is 2.77. The topological polar surface area (TPSA) is 41.1 Å². The lowest BCUT2D eigenvalue weighted by Crippen LogP contribution is -2.47. The summed E-state index contributed by atoms with van der Waals surface area (Å²) in [5.74, 6) is 0.385. The van der Waals surface area contributed by atoms with Crippen LogP contribution in [0.5, 0.6) is 0 Å². The van der Waals surface area contributed by atoms with Crippen LogP contribution in [-0.4, -0.2) is 25.5 Å². The van der Waals surface area contributed by atoms with Gasteiger partial charge in [-0.05, 0) is 43.5 Å². The van der Waals surface area contributed by atoms with Crippen LogP contribution in [-0.2, 0) is 10.2 Å². The number of hydrogen-bond donors (Lipinski definition) is 2. The average molecular weight is 337 g/mol. The highest BCUT2D eigenvalue weighted by Crippen LogP contribution is 2.43. The molecule has 0 bridgehead atoms. The summed E-state index contributed by atoms with van der Waals surface area (Å²) >= 11 is 3.48. The van der Waals surface area contributed by atoms with E-state index in [4.69, 9.17) is 0 Å². The number of carbonyl (C=O) groups is 1. The predicted molar refractivity (Wildman–Crippen MR) is 83.7 cm³/mol. The minimum Gasteiger partial charge on any atom is -0.355 e. The Hall–Kier alpha value is -0.870. The average Bonchev–Trinajstić information content (AvgIpc) is 2.93. The number of benzene rings is 1. The summed E-state index contributed by atoms with van der Waals surface area (Å²) in [7, 11) is 0. The third-order valence-corrected chi connectivity index (χ3v) is 5.33. The van der Waals surface area contributed by atoms with E-state index in [0.29, 0.717) is 0 Å². The molecule has 1 heterocycles. The number of amides is 1. The lowest BCUT2D eigenvalue weighted by molar-refractivity contribution is -0.124. The van der Waals surface area contributed by atoms with Crippen LogP contribution < -0.4 is 10.6 Å². The van der Waals surface area contributed by atoms with E-state index in [1.165, 1.54) is 24.8 Å². The highest BCUT2D eigenvalue weighted by Gasteiger charge is 2.39. The molecule has 1 aliphatic carbocycles. The molecule has 1 unspecified atom stereocenters. The number of halogens is 1. The second kappa shape index (κ2) is 5.86. The molecule has 0 radical (unpaired) electrons. The van der Waals surface area contributed by atoms with Gasteiger partial charge < -0.3 is 10.6 Å². The predicted octanol–water partition coefficient (Wildman–Crippen LogP) is 2.60. The summed E-state index contributed by atoms with van der Waals surface area (Å²) in [5.41, 5.74) is 1.53. The van der Waals surface area contributed by atoms with Gasteiger partial charge in [-0.25, -0.2) is 0 Å². The van der Waals surface area contributed by atoms with Crippen LogP contribution in [0.4, 0.5) is 0 Å². The van der Waals surface area contributed by atoms with E-state index in [1.807, 2.05) is 0 Å². The Kier molecular flexibility index (Phi) is 4.13. The molecule has 1 atom stereocenters. The Morgan fingerprint density at radius 2 is 2.10 bits per heavy atom. The molecule has 2 fully saturated rings. The minimum atomic E-state index is 0.164. The van der Waals surface area contributed by atoms with E-state index in [1.54, 1.807) is 0 Å². The van der Waals surface area contributed by atoms with E-state index >= 15 is 0 Å². The van der Waals surface area contributed by atoms with Crippen LogP contribution in [0.2, 0.25) is 0 Å². The highest BCUT2D eigenvalue weighted by molar-refractivity contribution is 9.10. The van der Waals surface area contributed by atoms with Gasteiger partial charge in [0.2, 0.25) is 5.91 Å². The van der Waals surface area contributed by atoms with Gasteiger partial charge in [-0.3, -0.25) is 4.79 Å². The molecule has 1 aromatic rings. The van der Waals surface area contributed by atoms with Crippen molar-refractivity contribution in [3.63, 3.8) is 0 Å². The molecule has 1 aliphatic heterocycles. The first-order valence-corrected chi connectivity index (χ1v) is 8.23. The summed E-state index contributed by atoms with van der Waals surface area (Å²) in [6.07, 6.45) is 4.59. The van der Waals surface area contributed by atoms with Crippen molar-refractivity contribution < 1.29 is 4.79 Å². The van der Waals surface area contributed by atoms with Crippen molar-refractivity contribution in [2.24, 2.45) is 5.92 Å². The van der Waals surface area contributed by atoms with Gasteiger partial charge in [-0.2, -0.15) is 0 Å². The van der Waals surface area contributed by atoms with Gasteiger partial charge >= 0.3 is 0 Å². The molecule has 1 aromatic carbocycles. The number of rotatable bonds is 4. The number of nitrogens with one attached hydrogen (secondary N) is 2. The first kappa shape index (κ1) is 14.1. The monoisotopic (exact) mass is 336 g/mol. The molecule has 20 heavy (non-hydrogen) atoms. The number of hydrogen-bond acceptors (Lipinski definition) is 2. The first-order valence-electron chi connectivity index (χ1n) is 7.44. The van der Waals surface area contributed by atoms with Gasteiger partial charge in [0.15, 0.2) is 0 Å². The first-order chi connectivity index (χ1) is 9.70. The zero-order chi connectivity index (χ0) is 14.0. The van der Waals surface area contributed by atoms with Crippen LogP contribution in [0.15, 0.2) is 28.7 Å². The van der Waals surface area contributed by atoms with Crippen molar-refractivity contribution in [2.75, 3.05) is 19.6 Å². The quantitative estimate of drug-likeness (QED) is 0.887. The molecule has 108 valence electrons. The zero-order valence-corrected chi connectivity index (χ0v) is 13.2. The van der Waals surface area contributed by atoms with Crippen LogP contribution >= 0.6 is 15.9 Å². The van der Waals surface area contributed by atoms with Crippen LogP contribution in [0.3, 0.4) is 0 Å². The lowest BCUT2D eigenvalue weighted by Gasteiger charge is -2.42. The molecule has 0 aromatic heterocycles. The van der Waals surface area contributed by atoms with Crippen molar-refractivity contribution in [1.82, 2.24) is 10.6 Å². The molecule has 2 aliphatic rings. The fourth-order valence-corrected chi connectivity index (χ4v) is 3.52. The maximum Gasteiger partial charge on any atom is 0.224 e. The maximum atomic E-state index is 12.2. The summed E-state index contributed by atoms with van der Waals surface area (Å²) < 4.78 is 1.11. The van der Waals surface area contributed by atoms with E-state index in [0.717, 1.165) is 30.5 Å². The van der Waals surface area contributed by atoms with Crippen LogP contribution in [0.1, 0.15) is 31.2 Å². The van der Waals surface area contributed by atoms with Gasteiger partial charge in [0, 0.05) is 23.0 Å². The molecule has 2 N–H and O–H groups in total. The standard InChI is InChI=1S/C16H21BrN2O/c17-14-4-2-13(3-5-14)16(7-1-8-16)11-19-15(20)12-6-9-18-10-12/h2-5,12,18H,1,6-11H2,(H,19,20). The summed E-state index contributed by atoms with van der Waals surface area (Å²) in [5, 5.41) is 6.44. The Bertz CT molecular complexity index is 476. The molecular formula is C16H21BrN2O. The molecule has 3 rings (SSSR count). The van der Waals surface area contributed by atoms with Crippen molar-refractivity contribution in [2.45, 2.75) is 31.1 Å². The number of carbonyl (C=O) groups excluding carboxylic acids is 1. The molecule has 3 nitrogen and oxygen atoms in total. The van der Waals surface area contributed by atoms with Gasteiger partial charge in [-0.1, -0.05) is 34.5 Å². The Morgan fingerprint density at radius 1 is 1.35 bits per heavy atom. The van der Waals surface area contributed by atoms with Crippen LogP contribution in [0, 0.1) is 5.92 Å². The molecule has 1 saturated carbocycles. The van der Waals surface area contributed by atoms with Crippen molar-refractivity contribution in [3.05, 3.63) is 34.3 Å². The van der Waals surface area contributed by atoms with Gasteiger partial charge in [0.05, 0.1) is 5.92 Å². The Morgan fingerprint density at radius 3 is 2.65 bits per heavy atom. The fraction of sp³-hybridized carbons (Fsp3) is 0.562. The summed E-state index contributed by atoms with van der Waals surface area (Å²) in [6, 6.07) is 8.56. The fourth-order valence-electron chi connectivity index (χ4n) is 3.25. The van der Waals surface area contributed by atoms with Crippen molar-refractivity contribution in [1.29, 1.82) is 0 Å². The smallest absolute Gasteiger partial charge is 0.224 e. The molecule has 1 saturated heterocycles.